The second-order valence-electron chi connectivity index (χ2n) is 6.03. The van der Waals surface area contributed by atoms with Crippen LogP contribution in [0.25, 0.3) is 5.69 Å². The first-order chi connectivity index (χ1) is 11.5. The number of likely N-dealkylation sites (tertiary alicyclic amines) is 1. The SMILES string of the molecule is C[C@@H]1[C@H](C(=O)O)CCCN1Cc1cn(-c2cccc(Cl)c2Cl)nn1. The van der Waals surface area contributed by atoms with E-state index in [1.54, 1.807) is 23.0 Å². The summed E-state index contributed by atoms with van der Waals surface area (Å²) in [5.41, 5.74) is 1.43. The molecule has 1 N–H and O–H groups in total. The number of piperidine rings is 1. The molecule has 6 nitrogen and oxygen atoms in total. The summed E-state index contributed by atoms with van der Waals surface area (Å²) < 4.78 is 1.59. The van der Waals surface area contributed by atoms with Gasteiger partial charge in [-0.2, -0.15) is 0 Å². The highest BCUT2D eigenvalue weighted by molar-refractivity contribution is 6.43. The molecule has 1 aromatic heterocycles. The number of hydrogen-bond donors (Lipinski definition) is 1. The van der Waals surface area contributed by atoms with Crippen LogP contribution >= 0.6 is 23.2 Å². The molecule has 128 valence electrons. The quantitative estimate of drug-likeness (QED) is 0.896. The van der Waals surface area contributed by atoms with E-state index in [0.717, 1.165) is 25.1 Å². The fourth-order valence-electron chi connectivity index (χ4n) is 3.13. The average molecular weight is 369 g/mol. The number of aromatic nitrogens is 3. The van der Waals surface area contributed by atoms with Crippen LogP contribution in [-0.2, 0) is 11.3 Å². The van der Waals surface area contributed by atoms with E-state index in [9.17, 15) is 9.90 Å². The zero-order valence-corrected chi connectivity index (χ0v) is 14.7. The molecule has 2 heterocycles. The topological polar surface area (TPSA) is 71.2 Å². The van der Waals surface area contributed by atoms with E-state index in [2.05, 4.69) is 15.2 Å². The molecule has 0 unspecified atom stereocenters. The zero-order chi connectivity index (χ0) is 17.3. The molecule has 2 atom stereocenters. The summed E-state index contributed by atoms with van der Waals surface area (Å²) in [6.45, 7) is 3.37. The maximum absolute atomic E-state index is 11.3. The van der Waals surface area contributed by atoms with Crippen molar-refractivity contribution >= 4 is 29.2 Å². The van der Waals surface area contributed by atoms with Crippen LogP contribution in [0.1, 0.15) is 25.5 Å². The molecule has 0 bridgehead atoms. The van der Waals surface area contributed by atoms with Gasteiger partial charge in [0.25, 0.3) is 0 Å². The van der Waals surface area contributed by atoms with Crippen molar-refractivity contribution in [2.24, 2.45) is 5.92 Å². The molecule has 1 fully saturated rings. The number of rotatable bonds is 4. The number of carbonyl (C=O) groups is 1. The first-order valence-corrected chi connectivity index (χ1v) is 8.55. The molecule has 0 spiro atoms. The molecular weight excluding hydrogens is 351 g/mol. The van der Waals surface area contributed by atoms with Crippen LogP contribution in [0.3, 0.4) is 0 Å². The molecule has 1 saturated heterocycles. The van der Waals surface area contributed by atoms with Gasteiger partial charge in [0.15, 0.2) is 0 Å². The van der Waals surface area contributed by atoms with Gasteiger partial charge < -0.3 is 5.11 Å². The van der Waals surface area contributed by atoms with Crippen LogP contribution in [-0.4, -0.2) is 43.6 Å². The second-order valence-corrected chi connectivity index (χ2v) is 6.81. The number of nitrogens with zero attached hydrogens (tertiary/aromatic N) is 4. The average Bonchev–Trinajstić information content (AvgIpc) is 3.00. The molecule has 24 heavy (non-hydrogen) atoms. The van der Waals surface area contributed by atoms with Gasteiger partial charge in [0.1, 0.15) is 0 Å². The Labute approximate surface area is 150 Å². The third-order valence-electron chi connectivity index (χ3n) is 4.52. The normalized spacial score (nSPS) is 21.8. The third-order valence-corrected chi connectivity index (χ3v) is 5.33. The van der Waals surface area contributed by atoms with Crippen LogP contribution in [0, 0.1) is 5.92 Å². The molecule has 1 aliphatic heterocycles. The predicted octanol–water partition coefficient (Wildman–Crippen LogP) is 3.26. The third kappa shape index (κ3) is 3.41. The van der Waals surface area contributed by atoms with Crippen molar-refractivity contribution in [3.8, 4) is 5.69 Å². The Morgan fingerprint density at radius 2 is 2.21 bits per heavy atom. The molecule has 2 aromatic rings. The highest BCUT2D eigenvalue weighted by Gasteiger charge is 2.33. The van der Waals surface area contributed by atoms with E-state index in [1.807, 2.05) is 13.0 Å². The molecule has 8 heteroatoms. The highest BCUT2D eigenvalue weighted by Crippen LogP contribution is 2.28. The Bertz CT molecular complexity index is 749. The van der Waals surface area contributed by atoms with Gasteiger partial charge >= 0.3 is 5.97 Å². The first-order valence-electron chi connectivity index (χ1n) is 7.80. The van der Waals surface area contributed by atoms with Crippen LogP contribution in [0.2, 0.25) is 10.0 Å². The lowest BCUT2D eigenvalue weighted by molar-refractivity contribution is -0.145. The van der Waals surface area contributed by atoms with Gasteiger partial charge in [-0.15, -0.1) is 5.10 Å². The Hall–Kier alpha value is -1.63. The van der Waals surface area contributed by atoms with Crippen molar-refractivity contribution < 1.29 is 9.90 Å². The van der Waals surface area contributed by atoms with Gasteiger partial charge in [-0.25, -0.2) is 4.68 Å². The van der Waals surface area contributed by atoms with E-state index in [1.165, 1.54) is 0 Å². The molecule has 1 aromatic carbocycles. The summed E-state index contributed by atoms with van der Waals surface area (Å²) in [6, 6.07) is 5.30. The summed E-state index contributed by atoms with van der Waals surface area (Å²) in [7, 11) is 0. The van der Waals surface area contributed by atoms with E-state index in [0.29, 0.717) is 22.3 Å². The summed E-state index contributed by atoms with van der Waals surface area (Å²) in [4.78, 5) is 13.5. The minimum atomic E-state index is -0.735. The largest absolute Gasteiger partial charge is 0.481 e. The summed E-state index contributed by atoms with van der Waals surface area (Å²) in [6.07, 6.45) is 3.39. The van der Waals surface area contributed by atoms with E-state index < -0.39 is 5.97 Å². The standard InChI is InChI=1S/C16H18Cl2N4O2/c1-10-12(16(23)24)4-3-7-21(10)8-11-9-22(20-19-11)14-6-2-5-13(17)15(14)18/h2,5-6,9-10,12H,3-4,7-8H2,1H3,(H,23,24)/t10-,12-/m1/s1. The number of carboxylic acid groups (broad SMARTS) is 1. The van der Waals surface area contributed by atoms with Crippen molar-refractivity contribution in [3.63, 3.8) is 0 Å². The van der Waals surface area contributed by atoms with Gasteiger partial charge in [0, 0.05) is 12.6 Å². The monoisotopic (exact) mass is 368 g/mol. The molecule has 0 radical (unpaired) electrons. The van der Waals surface area contributed by atoms with Crippen molar-refractivity contribution in [1.82, 2.24) is 19.9 Å². The van der Waals surface area contributed by atoms with Crippen LogP contribution in [0.15, 0.2) is 24.4 Å². The Morgan fingerprint density at radius 3 is 2.96 bits per heavy atom. The van der Waals surface area contributed by atoms with Crippen LogP contribution < -0.4 is 0 Å². The highest BCUT2D eigenvalue weighted by atomic mass is 35.5. The van der Waals surface area contributed by atoms with Crippen molar-refractivity contribution in [2.75, 3.05) is 6.54 Å². The number of aliphatic carboxylic acids is 1. The summed E-state index contributed by atoms with van der Waals surface area (Å²) in [5.74, 6) is -1.07. The van der Waals surface area contributed by atoms with E-state index in [4.69, 9.17) is 23.2 Å². The zero-order valence-electron chi connectivity index (χ0n) is 13.2. The number of benzene rings is 1. The number of hydrogen-bond acceptors (Lipinski definition) is 4. The second kappa shape index (κ2) is 7.09. The predicted molar refractivity (Wildman–Crippen MR) is 91.6 cm³/mol. The molecule has 1 aliphatic rings. The fourth-order valence-corrected chi connectivity index (χ4v) is 3.51. The van der Waals surface area contributed by atoms with Gasteiger partial charge in [-0.05, 0) is 38.4 Å². The molecule has 0 amide bonds. The maximum atomic E-state index is 11.3. The molecular formula is C16H18Cl2N4O2. The van der Waals surface area contributed by atoms with Crippen molar-refractivity contribution in [3.05, 3.63) is 40.1 Å². The number of halogens is 2. The summed E-state index contributed by atoms with van der Waals surface area (Å²) in [5, 5.41) is 18.5. The van der Waals surface area contributed by atoms with Gasteiger partial charge in [0.2, 0.25) is 0 Å². The van der Waals surface area contributed by atoms with Crippen LogP contribution in [0.4, 0.5) is 0 Å². The van der Waals surface area contributed by atoms with Gasteiger partial charge in [0.05, 0.1) is 33.5 Å². The van der Waals surface area contributed by atoms with Crippen molar-refractivity contribution in [1.29, 1.82) is 0 Å². The molecule has 3 rings (SSSR count). The lowest BCUT2D eigenvalue weighted by Crippen LogP contribution is -2.45. The van der Waals surface area contributed by atoms with Gasteiger partial charge in [-0.1, -0.05) is 34.5 Å². The fraction of sp³-hybridized carbons (Fsp3) is 0.438. The van der Waals surface area contributed by atoms with Crippen molar-refractivity contribution in [2.45, 2.75) is 32.4 Å². The lowest BCUT2D eigenvalue weighted by Gasteiger charge is -2.36. The van der Waals surface area contributed by atoms with Crippen LogP contribution in [0.5, 0.6) is 0 Å². The minimum Gasteiger partial charge on any atom is -0.481 e. The number of carboxylic acids is 1. The smallest absolute Gasteiger partial charge is 0.308 e. The maximum Gasteiger partial charge on any atom is 0.308 e. The molecule has 0 aliphatic carbocycles. The first kappa shape index (κ1) is 17.2. The van der Waals surface area contributed by atoms with E-state index >= 15 is 0 Å². The Balaban J connectivity index is 1.77. The Morgan fingerprint density at radius 1 is 1.42 bits per heavy atom. The Kier molecular flexibility index (Phi) is 5.08. The molecule has 0 saturated carbocycles. The van der Waals surface area contributed by atoms with E-state index in [-0.39, 0.29) is 12.0 Å². The minimum absolute atomic E-state index is 0.0313. The lowest BCUT2D eigenvalue weighted by atomic mass is 9.90. The summed E-state index contributed by atoms with van der Waals surface area (Å²) >= 11 is 12.2. The van der Waals surface area contributed by atoms with Gasteiger partial charge in [-0.3, -0.25) is 9.69 Å².